The number of nitrogens with one attached hydrogen (secondary N) is 2. The van der Waals surface area contributed by atoms with Crippen LogP contribution < -0.4 is 11.1 Å². The van der Waals surface area contributed by atoms with Gasteiger partial charge in [0.25, 0.3) is 0 Å². The molecule has 0 spiro atoms. The maximum Gasteiger partial charge on any atom is 0.234 e. The van der Waals surface area contributed by atoms with E-state index in [-0.39, 0.29) is 11.7 Å². The Balaban J connectivity index is 1.94. The van der Waals surface area contributed by atoms with Crippen molar-refractivity contribution in [2.75, 3.05) is 16.8 Å². The fourth-order valence-corrected chi connectivity index (χ4v) is 2.20. The maximum atomic E-state index is 11.8. The first-order chi connectivity index (χ1) is 9.06. The Kier molecular flexibility index (Phi) is 4.06. The minimum absolute atomic E-state index is 0.131. The predicted molar refractivity (Wildman–Crippen MR) is 76.1 cm³/mol. The monoisotopic (exact) mass is 277 g/mol. The number of hydrogen-bond acceptors (Lipinski definition) is 5. The number of anilines is 2. The molecule has 0 atom stereocenters. The molecule has 1 aromatic carbocycles. The Bertz CT molecular complexity index is 575. The number of carbonyl (C=O) groups is 1. The lowest BCUT2D eigenvalue weighted by atomic mass is 10.1. The summed E-state index contributed by atoms with van der Waals surface area (Å²) < 4.78 is 0. The van der Waals surface area contributed by atoms with E-state index in [2.05, 4.69) is 20.5 Å². The minimum atomic E-state index is -0.131. The predicted octanol–water partition coefficient (Wildman–Crippen LogP) is 1.73. The highest BCUT2D eigenvalue weighted by atomic mass is 32.2. The lowest BCUT2D eigenvalue weighted by Gasteiger charge is -2.10. The maximum absolute atomic E-state index is 11.8. The Hall–Kier alpha value is -2.02. The molecule has 0 aliphatic rings. The van der Waals surface area contributed by atoms with Gasteiger partial charge in [0.05, 0.1) is 17.1 Å². The van der Waals surface area contributed by atoms with Crippen LogP contribution in [0.2, 0.25) is 0 Å². The number of aromatic nitrogens is 3. The third-order valence-corrected chi connectivity index (χ3v) is 3.33. The second-order valence-corrected chi connectivity index (χ2v) is 5.02. The number of thioether (sulfide) groups is 1. The molecule has 4 N–H and O–H groups in total. The summed E-state index contributed by atoms with van der Waals surface area (Å²) in [6.07, 6.45) is 0. The number of H-pyrrole nitrogens is 1. The molecule has 0 aliphatic carbocycles. The molecule has 19 heavy (non-hydrogen) atoms. The number of carbonyl (C=O) groups excluding carboxylic acids is 1. The number of nitrogen functional groups attached to an aromatic ring is 1. The number of para-hydroxylation sites is 1. The summed E-state index contributed by atoms with van der Waals surface area (Å²) in [6.45, 7) is 3.71. The van der Waals surface area contributed by atoms with Crippen molar-refractivity contribution in [1.29, 1.82) is 0 Å². The third kappa shape index (κ3) is 3.47. The van der Waals surface area contributed by atoms with E-state index < -0.39 is 0 Å². The van der Waals surface area contributed by atoms with Gasteiger partial charge in [0.15, 0.2) is 0 Å². The van der Waals surface area contributed by atoms with Gasteiger partial charge in [-0.3, -0.25) is 9.89 Å². The SMILES string of the molecule is Cc1nc(SCC(=O)Nc2c(C)cccc2N)n[nH]1. The van der Waals surface area contributed by atoms with Crippen LogP contribution in [-0.4, -0.2) is 26.8 Å². The van der Waals surface area contributed by atoms with Crippen molar-refractivity contribution < 1.29 is 4.79 Å². The van der Waals surface area contributed by atoms with E-state index in [1.165, 1.54) is 11.8 Å². The molecule has 100 valence electrons. The molecule has 0 unspecified atom stereocenters. The smallest absolute Gasteiger partial charge is 0.234 e. The van der Waals surface area contributed by atoms with Gasteiger partial charge in [-0.15, -0.1) is 5.10 Å². The summed E-state index contributed by atoms with van der Waals surface area (Å²) in [5.74, 6) is 0.838. The van der Waals surface area contributed by atoms with Crippen molar-refractivity contribution in [3.05, 3.63) is 29.6 Å². The van der Waals surface area contributed by atoms with Gasteiger partial charge in [0.2, 0.25) is 11.1 Å². The van der Waals surface area contributed by atoms with Crippen molar-refractivity contribution in [2.24, 2.45) is 0 Å². The zero-order valence-electron chi connectivity index (χ0n) is 10.7. The van der Waals surface area contributed by atoms with Crippen LogP contribution in [0.5, 0.6) is 0 Å². The van der Waals surface area contributed by atoms with Gasteiger partial charge in [-0.2, -0.15) is 0 Å². The zero-order chi connectivity index (χ0) is 13.8. The molecule has 1 amide bonds. The molecule has 0 aliphatic heterocycles. The lowest BCUT2D eigenvalue weighted by molar-refractivity contribution is -0.113. The fraction of sp³-hybridized carbons (Fsp3) is 0.250. The van der Waals surface area contributed by atoms with Crippen molar-refractivity contribution in [3.8, 4) is 0 Å². The molecule has 0 fully saturated rings. The first kappa shape index (κ1) is 13.4. The number of aryl methyl sites for hydroxylation is 2. The molecule has 1 aromatic heterocycles. The first-order valence-electron chi connectivity index (χ1n) is 5.73. The van der Waals surface area contributed by atoms with Crippen LogP contribution in [0.4, 0.5) is 11.4 Å². The Morgan fingerprint density at radius 1 is 1.47 bits per heavy atom. The fourth-order valence-electron chi connectivity index (χ4n) is 1.55. The molecule has 0 radical (unpaired) electrons. The standard InChI is InChI=1S/C12H15N5OS/c1-7-4-3-5-9(13)11(7)15-10(18)6-19-12-14-8(2)16-17-12/h3-5H,6,13H2,1-2H3,(H,15,18)(H,14,16,17). The van der Waals surface area contributed by atoms with Gasteiger partial charge >= 0.3 is 0 Å². The van der Waals surface area contributed by atoms with Gasteiger partial charge in [-0.25, -0.2) is 4.98 Å². The van der Waals surface area contributed by atoms with Crippen LogP contribution in [0.3, 0.4) is 0 Å². The molecular weight excluding hydrogens is 262 g/mol. The molecule has 2 aromatic rings. The highest BCUT2D eigenvalue weighted by Gasteiger charge is 2.09. The average Bonchev–Trinajstić information content (AvgIpc) is 2.77. The van der Waals surface area contributed by atoms with Gasteiger partial charge in [0, 0.05) is 0 Å². The van der Waals surface area contributed by atoms with Crippen LogP contribution in [-0.2, 0) is 4.79 Å². The number of hydrogen-bond donors (Lipinski definition) is 3. The van der Waals surface area contributed by atoms with Gasteiger partial charge < -0.3 is 11.1 Å². The number of amides is 1. The number of rotatable bonds is 4. The lowest BCUT2D eigenvalue weighted by Crippen LogP contribution is -2.16. The van der Waals surface area contributed by atoms with E-state index in [0.717, 1.165) is 11.4 Å². The largest absolute Gasteiger partial charge is 0.397 e. The molecule has 0 bridgehead atoms. The quantitative estimate of drug-likeness (QED) is 0.584. The third-order valence-electron chi connectivity index (χ3n) is 2.48. The van der Waals surface area contributed by atoms with Gasteiger partial charge in [-0.05, 0) is 25.5 Å². The van der Waals surface area contributed by atoms with Crippen molar-refractivity contribution in [1.82, 2.24) is 15.2 Å². The van der Waals surface area contributed by atoms with Crippen LogP contribution >= 0.6 is 11.8 Å². The molecule has 1 heterocycles. The van der Waals surface area contributed by atoms with Crippen LogP contribution in [0, 0.1) is 13.8 Å². The van der Waals surface area contributed by atoms with Crippen LogP contribution in [0.25, 0.3) is 0 Å². The van der Waals surface area contributed by atoms with E-state index in [1.54, 1.807) is 6.07 Å². The second-order valence-electron chi connectivity index (χ2n) is 4.08. The minimum Gasteiger partial charge on any atom is -0.397 e. The molecule has 6 nitrogen and oxygen atoms in total. The Morgan fingerprint density at radius 3 is 2.89 bits per heavy atom. The normalized spacial score (nSPS) is 10.4. The van der Waals surface area contributed by atoms with Crippen LogP contribution in [0.1, 0.15) is 11.4 Å². The number of nitrogens with zero attached hydrogens (tertiary/aromatic N) is 2. The summed E-state index contributed by atoms with van der Waals surface area (Å²) >= 11 is 1.27. The summed E-state index contributed by atoms with van der Waals surface area (Å²) in [5, 5.41) is 10.0. The number of benzene rings is 1. The zero-order valence-corrected chi connectivity index (χ0v) is 11.5. The van der Waals surface area contributed by atoms with E-state index in [9.17, 15) is 4.79 Å². The van der Waals surface area contributed by atoms with Crippen molar-refractivity contribution >= 4 is 29.0 Å². The van der Waals surface area contributed by atoms with E-state index >= 15 is 0 Å². The van der Waals surface area contributed by atoms with Gasteiger partial charge in [-0.1, -0.05) is 23.9 Å². The molecule has 7 heteroatoms. The Morgan fingerprint density at radius 2 is 2.26 bits per heavy atom. The van der Waals surface area contributed by atoms with Crippen LogP contribution in [0.15, 0.2) is 23.4 Å². The summed E-state index contributed by atoms with van der Waals surface area (Å²) in [7, 11) is 0. The summed E-state index contributed by atoms with van der Waals surface area (Å²) in [6, 6.07) is 5.51. The van der Waals surface area contributed by atoms with Gasteiger partial charge in [0.1, 0.15) is 5.82 Å². The van der Waals surface area contributed by atoms with E-state index in [0.29, 0.717) is 16.5 Å². The van der Waals surface area contributed by atoms with E-state index in [4.69, 9.17) is 5.73 Å². The number of nitrogens with two attached hydrogens (primary N) is 1. The molecule has 0 saturated carbocycles. The summed E-state index contributed by atoms with van der Waals surface area (Å²) in [5.41, 5.74) is 7.99. The van der Waals surface area contributed by atoms with E-state index in [1.807, 2.05) is 26.0 Å². The first-order valence-corrected chi connectivity index (χ1v) is 6.71. The Labute approximate surface area is 115 Å². The molecule has 2 rings (SSSR count). The second kappa shape index (κ2) is 5.75. The molecular formula is C12H15N5OS. The molecule has 0 saturated heterocycles. The van der Waals surface area contributed by atoms with Crippen molar-refractivity contribution in [2.45, 2.75) is 19.0 Å². The average molecular weight is 277 g/mol. The topological polar surface area (TPSA) is 96.7 Å². The number of aromatic amines is 1. The summed E-state index contributed by atoms with van der Waals surface area (Å²) in [4.78, 5) is 16.0. The highest BCUT2D eigenvalue weighted by molar-refractivity contribution is 7.99. The van der Waals surface area contributed by atoms with Crippen molar-refractivity contribution in [3.63, 3.8) is 0 Å². The highest BCUT2D eigenvalue weighted by Crippen LogP contribution is 2.23.